The molecule has 1 unspecified atom stereocenters. The summed E-state index contributed by atoms with van der Waals surface area (Å²) in [7, 11) is 3.35. The van der Waals surface area contributed by atoms with E-state index in [0.29, 0.717) is 18.8 Å². The number of ether oxygens (including phenoxy) is 2. The first kappa shape index (κ1) is 23.3. The van der Waals surface area contributed by atoms with Crippen molar-refractivity contribution in [1.29, 1.82) is 0 Å². The van der Waals surface area contributed by atoms with Gasteiger partial charge < -0.3 is 14.4 Å². The fourth-order valence-corrected chi connectivity index (χ4v) is 4.79. The minimum Gasteiger partial charge on any atom is -0.497 e. The summed E-state index contributed by atoms with van der Waals surface area (Å²) in [5, 5.41) is 7.74. The van der Waals surface area contributed by atoms with Gasteiger partial charge >= 0.3 is 0 Å². The SMILES string of the molecule is COCCSc1ncc(-c2cccc(OC)c2)c(C2CCCN(C(=O)c3cc(C)[nH]n3)C2)n1. The zero-order valence-corrected chi connectivity index (χ0v) is 20.0. The van der Waals surface area contributed by atoms with Gasteiger partial charge in [-0.3, -0.25) is 9.89 Å². The van der Waals surface area contributed by atoms with Crippen molar-refractivity contribution in [2.45, 2.75) is 30.8 Å². The molecule has 0 bridgehead atoms. The third-order valence-corrected chi connectivity index (χ3v) is 6.54. The highest BCUT2D eigenvalue weighted by Gasteiger charge is 2.29. The van der Waals surface area contributed by atoms with Crippen LogP contribution in [0.4, 0.5) is 0 Å². The van der Waals surface area contributed by atoms with E-state index in [9.17, 15) is 4.79 Å². The smallest absolute Gasteiger partial charge is 0.274 e. The second-order valence-corrected chi connectivity index (χ2v) is 9.11. The highest BCUT2D eigenvalue weighted by molar-refractivity contribution is 7.99. The van der Waals surface area contributed by atoms with Crippen LogP contribution in [0.15, 0.2) is 41.7 Å². The molecule has 1 saturated heterocycles. The van der Waals surface area contributed by atoms with Crippen molar-refractivity contribution in [3.05, 3.63) is 53.6 Å². The maximum atomic E-state index is 13.0. The first-order chi connectivity index (χ1) is 16.1. The number of aryl methyl sites for hydroxylation is 1. The monoisotopic (exact) mass is 467 g/mol. The molecule has 0 saturated carbocycles. The van der Waals surface area contributed by atoms with Gasteiger partial charge in [0.05, 0.1) is 19.4 Å². The van der Waals surface area contributed by atoms with E-state index in [0.717, 1.165) is 58.6 Å². The Morgan fingerprint density at radius 2 is 2.18 bits per heavy atom. The van der Waals surface area contributed by atoms with E-state index in [1.807, 2.05) is 42.3 Å². The Hall–Kier alpha value is -2.91. The summed E-state index contributed by atoms with van der Waals surface area (Å²) >= 11 is 1.57. The van der Waals surface area contributed by atoms with Crippen molar-refractivity contribution in [2.75, 3.05) is 39.7 Å². The second-order valence-electron chi connectivity index (χ2n) is 8.05. The number of H-pyrrole nitrogens is 1. The summed E-state index contributed by atoms with van der Waals surface area (Å²) in [5.74, 6) is 1.62. The normalized spacial score (nSPS) is 16.1. The van der Waals surface area contributed by atoms with E-state index in [4.69, 9.17) is 14.5 Å². The van der Waals surface area contributed by atoms with E-state index >= 15 is 0 Å². The number of thioether (sulfide) groups is 1. The highest BCUT2D eigenvalue weighted by Crippen LogP contribution is 2.35. The summed E-state index contributed by atoms with van der Waals surface area (Å²) in [5.41, 5.74) is 4.28. The molecule has 0 spiro atoms. The minimum atomic E-state index is -0.0456. The average Bonchev–Trinajstić information content (AvgIpc) is 3.30. The number of hydrogen-bond donors (Lipinski definition) is 1. The van der Waals surface area contributed by atoms with Gasteiger partial charge in [0.1, 0.15) is 11.4 Å². The van der Waals surface area contributed by atoms with E-state index < -0.39 is 0 Å². The predicted molar refractivity (Wildman–Crippen MR) is 128 cm³/mol. The number of carbonyl (C=O) groups is 1. The third-order valence-electron chi connectivity index (χ3n) is 5.72. The van der Waals surface area contributed by atoms with Gasteiger partial charge in [-0.1, -0.05) is 23.9 Å². The summed E-state index contributed by atoms with van der Waals surface area (Å²) < 4.78 is 10.6. The molecular weight excluding hydrogens is 438 g/mol. The quantitative estimate of drug-likeness (QED) is 0.305. The third kappa shape index (κ3) is 5.54. The van der Waals surface area contributed by atoms with Crippen LogP contribution in [0.25, 0.3) is 11.1 Å². The molecule has 1 aliphatic heterocycles. The molecule has 1 aromatic carbocycles. The first-order valence-corrected chi connectivity index (χ1v) is 12.0. The molecule has 4 rings (SSSR count). The van der Waals surface area contributed by atoms with Gasteiger partial charge in [-0.2, -0.15) is 5.10 Å². The number of nitrogens with zero attached hydrogens (tertiary/aromatic N) is 4. The Kier molecular flexibility index (Phi) is 7.61. The number of amides is 1. The number of nitrogens with one attached hydrogen (secondary N) is 1. The number of aromatic nitrogens is 4. The molecule has 2 aromatic heterocycles. The number of carbonyl (C=O) groups excluding carboxylic acids is 1. The predicted octanol–water partition coefficient (Wildman–Crippen LogP) is 3.94. The van der Waals surface area contributed by atoms with Gasteiger partial charge in [0.25, 0.3) is 5.91 Å². The van der Waals surface area contributed by atoms with Crippen molar-refractivity contribution in [1.82, 2.24) is 25.1 Å². The Morgan fingerprint density at radius 3 is 2.94 bits per heavy atom. The zero-order valence-electron chi connectivity index (χ0n) is 19.2. The topological polar surface area (TPSA) is 93.2 Å². The maximum Gasteiger partial charge on any atom is 0.274 e. The average molecular weight is 468 g/mol. The van der Waals surface area contributed by atoms with Crippen LogP contribution in [-0.4, -0.2) is 70.6 Å². The molecule has 0 radical (unpaired) electrons. The van der Waals surface area contributed by atoms with Crippen LogP contribution in [-0.2, 0) is 4.74 Å². The number of piperidine rings is 1. The van der Waals surface area contributed by atoms with Gasteiger partial charge in [-0.15, -0.1) is 0 Å². The Morgan fingerprint density at radius 1 is 1.30 bits per heavy atom. The van der Waals surface area contributed by atoms with Crippen molar-refractivity contribution in [2.24, 2.45) is 0 Å². The van der Waals surface area contributed by atoms with E-state index in [-0.39, 0.29) is 11.8 Å². The number of methoxy groups -OCH3 is 2. The van der Waals surface area contributed by atoms with Crippen LogP contribution in [0.5, 0.6) is 5.75 Å². The first-order valence-electron chi connectivity index (χ1n) is 11.0. The maximum absolute atomic E-state index is 13.0. The molecule has 3 aromatic rings. The van der Waals surface area contributed by atoms with Crippen molar-refractivity contribution in [3.63, 3.8) is 0 Å². The van der Waals surface area contributed by atoms with E-state index in [1.54, 1.807) is 32.0 Å². The molecule has 1 amide bonds. The molecule has 0 aliphatic carbocycles. The Labute approximate surface area is 198 Å². The number of benzene rings is 1. The van der Waals surface area contributed by atoms with Gasteiger partial charge in [0, 0.05) is 49.3 Å². The fraction of sp³-hybridized carbons (Fsp3) is 0.417. The molecule has 8 nitrogen and oxygen atoms in total. The minimum absolute atomic E-state index is 0.0456. The largest absolute Gasteiger partial charge is 0.497 e. The summed E-state index contributed by atoms with van der Waals surface area (Å²) in [4.78, 5) is 24.5. The van der Waals surface area contributed by atoms with Crippen LogP contribution < -0.4 is 4.74 Å². The Balaban J connectivity index is 1.65. The van der Waals surface area contributed by atoms with Gasteiger partial charge in [-0.05, 0) is 43.5 Å². The van der Waals surface area contributed by atoms with Crippen molar-refractivity contribution < 1.29 is 14.3 Å². The molecule has 33 heavy (non-hydrogen) atoms. The molecular formula is C24H29N5O3S. The standard InChI is InChI=1S/C24H29N5O3S/c1-16-12-21(28-27-16)23(30)29-9-5-7-18(15-29)22-20(17-6-4-8-19(13-17)32-3)14-25-24(26-22)33-11-10-31-2/h4,6,8,12-14,18H,5,7,9-11,15H2,1-3H3,(H,27,28). The second kappa shape index (κ2) is 10.8. The molecule has 1 fully saturated rings. The molecule has 9 heteroatoms. The number of hydrogen-bond acceptors (Lipinski definition) is 7. The summed E-state index contributed by atoms with van der Waals surface area (Å²) in [6.07, 6.45) is 3.76. The van der Waals surface area contributed by atoms with Crippen LogP contribution in [0.1, 0.15) is 40.6 Å². The van der Waals surface area contributed by atoms with Crippen LogP contribution in [0.3, 0.4) is 0 Å². The van der Waals surface area contributed by atoms with Gasteiger partial charge in [-0.25, -0.2) is 9.97 Å². The van der Waals surface area contributed by atoms with Gasteiger partial charge in [0.15, 0.2) is 5.16 Å². The molecule has 174 valence electrons. The lowest BCUT2D eigenvalue weighted by Gasteiger charge is -2.33. The lowest BCUT2D eigenvalue weighted by molar-refractivity contribution is 0.0700. The van der Waals surface area contributed by atoms with Crippen molar-refractivity contribution >= 4 is 17.7 Å². The molecule has 1 atom stereocenters. The van der Waals surface area contributed by atoms with Crippen LogP contribution >= 0.6 is 11.8 Å². The summed E-state index contributed by atoms with van der Waals surface area (Å²) in [6, 6.07) is 9.73. The molecule has 1 N–H and O–H groups in total. The van der Waals surface area contributed by atoms with E-state index in [2.05, 4.69) is 15.2 Å². The number of aromatic amines is 1. The summed E-state index contributed by atoms with van der Waals surface area (Å²) in [6.45, 7) is 3.85. The van der Waals surface area contributed by atoms with Gasteiger partial charge in [0.2, 0.25) is 0 Å². The molecule has 3 heterocycles. The fourth-order valence-electron chi connectivity index (χ4n) is 4.06. The van der Waals surface area contributed by atoms with Crippen LogP contribution in [0.2, 0.25) is 0 Å². The lowest BCUT2D eigenvalue weighted by Crippen LogP contribution is -2.39. The number of rotatable bonds is 8. The highest BCUT2D eigenvalue weighted by atomic mass is 32.2. The Bertz CT molecular complexity index is 1100. The van der Waals surface area contributed by atoms with Crippen molar-refractivity contribution in [3.8, 4) is 16.9 Å². The van der Waals surface area contributed by atoms with E-state index in [1.165, 1.54) is 0 Å². The zero-order chi connectivity index (χ0) is 23.2. The lowest BCUT2D eigenvalue weighted by atomic mass is 9.89. The number of likely N-dealkylation sites (tertiary alicyclic amines) is 1. The molecule has 1 aliphatic rings. The van der Waals surface area contributed by atoms with Crippen LogP contribution in [0, 0.1) is 6.92 Å².